The monoisotopic (exact) mass is 249 g/mol. The number of anilines is 1. The SMILES string of the molecule is COc1cc(N)ccc1CNCc1nccs1. The topological polar surface area (TPSA) is 60.2 Å². The maximum atomic E-state index is 5.70. The second-order valence-electron chi connectivity index (χ2n) is 3.60. The molecule has 90 valence electrons. The van der Waals surface area contributed by atoms with E-state index in [0.29, 0.717) is 5.69 Å². The van der Waals surface area contributed by atoms with Gasteiger partial charge in [-0.05, 0) is 6.07 Å². The molecule has 0 aliphatic carbocycles. The van der Waals surface area contributed by atoms with Crippen molar-refractivity contribution in [2.75, 3.05) is 12.8 Å². The predicted molar refractivity (Wildman–Crippen MR) is 70.1 cm³/mol. The quantitative estimate of drug-likeness (QED) is 0.796. The summed E-state index contributed by atoms with van der Waals surface area (Å²) in [6.45, 7) is 1.51. The minimum absolute atomic E-state index is 0.713. The molecular formula is C12H15N3OS. The fourth-order valence-electron chi connectivity index (χ4n) is 1.55. The molecule has 0 saturated carbocycles. The zero-order valence-corrected chi connectivity index (χ0v) is 10.5. The molecule has 0 unspecified atom stereocenters. The Morgan fingerprint density at radius 1 is 1.41 bits per heavy atom. The Hall–Kier alpha value is -1.59. The molecule has 0 aliphatic heterocycles. The molecule has 0 spiro atoms. The third-order valence-corrected chi connectivity index (χ3v) is 3.17. The van der Waals surface area contributed by atoms with E-state index in [1.165, 1.54) is 0 Å². The van der Waals surface area contributed by atoms with E-state index < -0.39 is 0 Å². The van der Waals surface area contributed by atoms with Crippen LogP contribution in [0.25, 0.3) is 0 Å². The predicted octanol–water partition coefficient (Wildman–Crippen LogP) is 2.02. The van der Waals surface area contributed by atoms with Crippen molar-refractivity contribution in [1.29, 1.82) is 0 Å². The molecule has 0 amide bonds. The van der Waals surface area contributed by atoms with Gasteiger partial charge in [-0.15, -0.1) is 11.3 Å². The highest BCUT2D eigenvalue weighted by molar-refractivity contribution is 7.09. The Labute approximate surface area is 104 Å². The van der Waals surface area contributed by atoms with Crippen molar-refractivity contribution in [3.63, 3.8) is 0 Å². The van der Waals surface area contributed by atoms with E-state index in [2.05, 4.69) is 10.3 Å². The van der Waals surface area contributed by atoms with Crippen molar-refractivity contribution < 1.29 is 4.74 Å². The Balaban J connectivity index is 1.94. The highest BCUT2D eigenvalue weighted by Gasteiger charge is 2.03. The first-order valence-electron chi connectivity index (χ1n) is 5.31. The van der Waals surface area contributed by atoms with Gasteiger partial charge in [-0.1, -0.05) is 6.07 Å². The number of hydrogen-bond donors (Lipinski definition) is 2. The summed E-state index contributed by atoms with van der Waals surface area (Å²) in [6.07, 6.45) is 1.81. The second-order valence-corrected chi connectivity index (χ2v) is 4.58. The van der Waals surface area contributed by atoms with Gasteiger partial charge in [-0.3, -0.25) is 0 Å². The maximum Gasteiger partial charge on any atom is 0.125 e. The van der Waals surface area contributed by atoms with Crippen molar-refractivity contribution in [3.05, 3.63) is 40.3 Å². The van der Waals surface area contributed by atoms with Gasteiger partial charge in [0.2, 0.25) is 0 Å². The molecule has 0 bridgehead atoms. The number of hydrogen-bond acceptors (Lipinski definition) is 5. The summed E-state index contributed by atoms with van der Waals surface area (Å²) in [7, 11) is 1.65. The molecule has 2 rings (SSSR count). The van der Waals surface area contributed by atoms with Crippen LogP contribution in [0.4, 0.5) is 5.69 Å². The number of thiazole rings is 1. The molecule has 1 heterocycles. The summed E-state index contributed by atoms with van der Waals surface area (Å²) >= 11 is 1.65. The van der Waals surface area contributed by atoms with Crippen LogP contribution < -0.4 is 15.8 Å². The average Bonchev–Trinajstić information content (AvgIpc) is 2.84. The Bertz CT molecular complexity index is 471. The summed E-state index contributed by atoms with van der Waals surface area (Å²) in [4.78, 5) is 4.21. The molecular weight excluding hydrogens is 234 g/mol. The number of ether oxygens (including phenoxy) is 1. The van der Waals surface area contributed by atoms with E-state index in [9.17, 15) is 0 Å². The zero-order valence-electron chi connectivity index (χ0n) is 9.64. The molecule has 1 aromatic carbocycles. The van der Waals surface area contributed by atoms with E-state index in [0.717, 1.165) is 29.4 Å². The fraction of sp³-hybridized carbons (Fsp3) is 0.250. The summed E-state index contributed by atoms with van der Waals surface area (Å²) in [5.74, 6) is 0.816. The van der Waals surface area contributed by atoms with Gasteiger partial charge in [0, 0.05) is 42.0 Å². The summed E-state index contributed by atoms with van der Waals surface area (Å²) < 4.78 is 5.28. The molecule has 4 nitrogen and oxygen atoms in total. The Morgan fingerprint density at radius 2 is 2.29 bits per heavy atom. The van der Waals surface area contributed by atoms with Crippen molar-refractivity contribution in [2.24, 2.45) is 0 Å². The lowest BCUT2D eigenvalue weighted by atomic mass is 10.2. The van der Waals surface area contributed by atoms with E-state index in [4.69, 9.17) is 10.5 Å². The number of nitrogens with one attached hydrogen (secondary N) is 1. The zero-order chi connectivity index (χ0) is 12.1. The van der Waals surface area contributed by atoms with Crippen molar-refractivity contribution >= 4 is 17.0 Å². The number of methoxy groups -OCH3 is 1. The number of rotatable bonds is 5. The smallest absolute Gasteiger partial charge is 0.125 e. The Kier molecular flexibility index (Phi) is 3.95. The van der Waals surface area contributed by atoms with Crippen LogP contribution in [0.2, 0.25) is 0 Å². The minimum Gasteiger partial charge on any atom is -0.496 e. The van der Waals surface area contributed by atoms with Gasteiger partial charge in [0.25, 0.3) is 0 Å². The molecule has 2 aromatic rings. The molecule has 0 atom stereocenters. The van der Waals surface area contributed by atoms with E-state index in [-0.39, 0.29) is 0 Å². The van der Waals surface area contributed by atoms with E-state index in [1.807, 2.05) is 29.8 Å². The molecule has 0 radical (unpaired) electrons. The first kappa shape index (κ1) is 11.9. The lowest BCUT2D eigenvalue weighted by Crippen LogP contribution is -2.13. The number of nitrogen functional groups attached to an aromatic ring is 1. The minimum atomic E-state index is 0.713. The van der Waals surface area contributed by atoms with Crippen LogP contribution in [0.5, 0.6) is 5.75 Å². The van der Waals surface area contributed by atoms with Crippen LogP contribution >= 0.6 is 11.3 Å². The standard InChI is InChI=1S/C12H15N3OS/c1-16-11-6-10(13)3-2-9(11)7-14-8-12-15-4-5-17-12/h2-6,14H,7-8,13H2,1H3. The van der Waals surface area contributed by atoms with Gasteiger partial charge >= 0.3 is 0 Å². The van der Waals surface area contributed by atoms with Crippen molar-refractivity contribution in [2.45, 2.75) is 13.1 Å². The van der Waals surface area contributed by atoms with Gasteiger partial charge in [-0.25, -0.2) is 4.98 Å². The lowest BCUT2D eigenvalue weighted by molar-refractivity contribution is 0.408. The fourth-order valence-corrected chi connectivity index (χ4v) is 2.14. The molecule has 1 aromatic heterocycles. The average molecular weight is 249 g/mol. The largest absolute Gasteiger partial charge is 0.496 e. The van der Waals surface area contributed by atoms with Crippen LogP contribution in [0.15, 0.2) is 29.8 Å². The highest BCUT2D eigenvalue weighted by Crippen LogP contribution is 2.21. The maximum absolute atomic E-state index is 5.70. The second kappa shape index (κ2) is 5.65. The van der Waals surface area contributed by atoms with E-state index >= 15 is 0 Å². The van der Waals surface area contributed by atoms with Gasteiger partial charge in [0.05, 0.1) is 7.11 Å². The third-order valence-electron chi connectivity index (χ3n) is 2.39. The molecule has 3 N–H and O–H groups in total. The van der Waals surface area contributed by atoms with Crippen LogP contribution in [-0.2, 0) is 13.1 Å². The normalized spacial score (nSPS) is 10.4. The van der Waals surface area contributed by atoms with Crippen molar-refractivity contribution in [3.8, 4) is 5.75 Å². The van der Waals surface area contributed by atoms with Gasteiger partial charge in [0.1, 0.15) is 10.8 Å². The van der Waals surface area contributed by atoms with Gasteiger partial charge in [-0.2, -0.15) is 0 Å². The molecule has 5 heteroatoms. The molecule has 17 heavy (non-hydrogen) atoms. The number of nitrogens with zero attached hydrogens (tertiary/aromatic N) is 1. The number of benzene rings is 1. The van der Waals surface area contributed by atoms with Crippen LogP contribution in [0, 0.1) is 0 Å². The lowest BCUT2D eigenvalue weighted by Gasteiger charge is -2.09. The van der Waals surface area contributed by atoms with E-state index in [1.54, 1.807) is 18.4 Å². The van der Waals surface area contributed by atoms with Crippen LogP contribution in [0.1, 0.15) is 10.6 Å². The first-order valence-corrected chi connectivity index (χ1v) is 6.19. The summed E-state index contributed by atoms with van der Waals surface area (Å²) in [5.41, 5.74) is 7.51. The molecule has 0 fully saturated rings. The number of nitrogens with two attached hydrogens (primary N) is 1. The first-order chi connectivity index (χ1) is 8.29. The van der Waals surface area contributed by atoms with Crippen LogP contribution in [0.3, 0.4) is 0 Å². The van der Waals surface area contributed by atoms with Gasteiger partial charge in [0.15, 0.2) is 0 Å². The molecule has 0 saturated heterocycles. The third kappa shape index (κ3) is 3.18. The highest BCUT2D eigenvalue weighted by atomic mass is 32.1. The number of aromatic nitrogens is 1. The Morgan fingerprint density at radius 3 is 3.00 bits per heavy atom. The van der Waals surface area contributed by atoms with Crippen LogP contribution in [-0.4, -0.2) is 12.1 Å². The van der Waals surface area contributed by atoms with Crippen molar-refractivity contribution in [1.82, 2.24) is 10.3 Å². The molecule has 0 aliphatic rings. The summed E-state index contributed by atoms with van der Waals surface area (Å²) in [6, 6.07) is 5.69. The van der Waals surface area contributed by atoms with Gasteiger partial charge < -0.3 is 15.8 Å². The summed E-state index contributed by atoms with van der Waals surface area (Å²) in [5, 5.41) is 6.38.